The van der Waals surface area contributed by atoms with Crippen molar-refractivity contribution in [3.63, 3.8) is 0 Å². The minimum absolute atomic E-state index is 0.0408. The molecule has 21 heavy (non-hydrogen) atoms. The van der Waals surface area contributed by atoms with Crippen molar-refractivity contribution in [2.75, 3.05) is 6.61 Å². The first kappa shape index (κ1) is 16.0. The topological polar surface area (TPSA) is 57.0 Å². The highest BCUT2D eigenvalue weighted by atomic mass is 79.9. The van der Waals surface area contributed by atoms with Crippen molar-refractivity contribution in [2.45, 2.75) is 19.6 Å². The Morgan fingerprint density at radius 2 is 2.24 bits per heavy atom. The van der Waals surface area contributed by atoms with Gasteiger partial charge in [-0.15, -0.1) is 16.4 Å². The number of alkyl halides is 3. The van der Waals surface area contributed by atoms with Crippen LogP contribution in [0.3, 0.4) is 0 Å². The number of nitrogens with zero attached hydrogens (tertiary/aromatic N) is 3. The van der Waals surface area contributed by atoms with Crippen molar-refractivity contribution < 1.29 is 22.7 Å². The molecule has 0 bridgehead atoms. The second kappa shape index (κ2) is 6.14. The Hall–Kier alpha value is -1.42. The summed E-state index contributed by atoms with van der Waals surface area (Å²) in [5.74, 6) is -1.14. The van der Waals surface area contributed by atoms with Crippen LogP contribution in [-0.4, -0.2) is 27.6 Å². The molecule has 0 aromatic carbocycles. The number of hydrogen-bond acceptors (Lipinski definition) is 5. The van der Waals surface area contributed by atoms with Crippen molar-refractivity contribution in [1.82, 2.24) is 15.0 Å². The summed E-state index contributed by atoms with van der Waals surface area (Å²) in [6.45, 7) is 1.33. The van der Waals surface area contributed by atoms with Crippen LogP contribution in [0.1, 0.15) is 28.0 Å². The zero-order chi connectivity index (χ0) is 15.6. The minimum Gasteiger partial charge on any atom is -0.461 e. The summed E-state index contributed by atoms with van der Waals surface area (Å²) in [4.78, 5) is 12.2. The van der Waals surface area contributed by atoms with E-state index in [9.17, 15) is 18.0 Å². The van der Waals surface area contributed by atoms with Gasteiger partial charge in [0.1, 0.15) is 0 Å². The third-order valence-corrected chi connectivity index (χ3v) is 4.08. The molecule has 0 N–H and O–H groups in total. The van der Waals surface area contributed by atoms with E-state index in [0.29, 0.717) is 9.56 Å². The molecule has 2 heterocycles. The van der Waals surface area contributed by atoms with E-state index in [1.165, 1.54) is 18.3 Å². The van der Waals surface area contributed by atoms with E-state index in [1.54, 1.807) is 11.4 Å². The second-order valence-electron chi connectivity index (χ2n) is 3.89. The molecule has 0 unspecified atom stereocenters. The third-order valence-electron chi connectivity index (χ3n) is 2.40. The van der Waals surface area contributed by atoms with Gasteiger partial charge in [0.25, 0.3) is 0 Å². The summed E-state index contributed by atoms with van der Waals surface area (Å²) in [6.07, 6.45) is -4.75. The highest BCUT2D eigenvalue weighted by Gasteiger charge is 2.42. The van der Waals surface area contributed by atoms with Gasteiger partial charge in [-0.1, -0.05) is 5.21 Å². The molecule has 0 saturated carbocycles. The molecule has 5 nitrogen and oxygen atoms in total. The lowest BCUT2D eigenvalue weighted by atomic mass is 10.3. The molecule has 2 aromatic heterocycles. The summed E-state index contributed by atoms with van der Waals surface area (Å²) >= 11 is 4.49. The van der Waals surface area contributed by atoms with E-state index in [2.05, 4.69) is 31.0 Å². The molecule has 0 aliphatic rings. The molecule has 0 aliphatic carbocycles. The second-order valence-corrected chi connectivity index (χ2v) is 5.81. The van der Waals surface area contributed by atoms with Crippen molar-refractivity contribution in [1.29, 1.82) is 0 Å². The number of carbonyl (C=O) groups excluding carboxylic acids is 1. The fraction of sp³-hybridized carbons (Fsp3) is 0.364. The average Bonchev–Trinajstić information content (AvgIpc) is 2.96. The van der Waals surface area contributed by atoms with E-state index in [4.69, 9.17) is 0 Å². The van der Waals surface area contributed by atoms with Gasteiger partial charge in [0.05, 0.1) is 13.2 Å². The Morgan fingerprint density at radius 3 is 2.76 bits per heavy atom. The number of esters is 1. The fourth-order valence-corrected chi connectivity index (χ4v) is 3.06. The first-order valence-corrected chi connectivity index (χ1v) is 7.41. The fourth-order valence-electron chi connectivity index (χ4n) is 1.63. The number of halogens is 4. The van der Waals surface area contributed by atoms with Crippen LogP contribution in [0.5, 0.6) is 0 Å². The van der Waals surface area contributed by atoms with Gasteiger partial charge in [-0.25, -0.2) is 9.48 Å². The number of rotatable bonds is 4. The van der Waals surface area contributed by atoms with Gasteiger partial charge < -0.3 is 4.74 Å². The largest absolute Gasteiger partial charge is 0.461 e. The molecule has 0 saturated heterocycles. The van der Waals surface area contributed by atoms with Crippen molar-refractivity contribution >= 4 is 33.2 Å². The Labute approximate surface area is 129 Å². The lowest BCUT2D eigenvalue weighted by Gasteiger charge is -2.10. The first-order chi connectivity index (χ1) is 9.82. The monoisotopic (exact) mass is 383 g/mol. The lowest BCUT2D eigenvalue weighted by Crippen LogP contribution is -2.19. The van der Waals surface area contributed by atoms with E-state index in [0.717, 1.165) is 4.47 Å². The molecule has 2 aromatic rings. The lowest BCUT2D eigenvalue weighted by molar-refractivity contribution is -0.144. The van der Waals surface area contributed by atoms with Gasteiger partial charge in [0, 0.05) is 14.7 Å². The molecular weight excluding hydrogens is 375 g/mol. The van der Waals surface area contributed by atoms with E-state index < -0.39 is 23.5 Å². The standard InChI is InChI=1S/C11H9BrF3N3O2S/c1-2-20-10(19)8-9(11(13,14)15)18(17-16-8)4-7-3-6(12)5-21-7/h3,5H,2,4H2,1H3. The maximum atomic E-state index is 13.1. The quantitative estimate of drug-likeness (QED) is 0.759. The van der Waals surface area contributed by atoms with Gasteiger partial charge in [0.2, 0.25) is 5.69 Å². The maximum Gasteiger partial charge on any atom is 0.435 e. The number of aromatic nitrogens is 3. The third kappa shape index (κ3) is 3.62. The zero-order valence-corrected chi connectivity index (χ0v) is 13.0. The molecule has 0 radical (unpaired) electrons. The van der Waals surface area contributed by atoms with Crippen LogP contribution in [-0.2, 0) is 17.5 Å². The average molecular weight is 384 g/mol. The maximum absolute atomic E-state index is 13.1. The van der Waals surface area contributed by atoms with Gasteiger partial charge >= 0.3 is 12.1 Å². The Bertz CT molecular complexity index is 653. The number of ether oxygens (including phenoxy) is 1. The predicted octanol–water partition coefficient (Wildman–Crippen LogP) is 3.35. The predicted molar refractivity (Wildman–Crippen MR) is 72.1 cm³/mol. The number of carbonyl (C=O) groups is 1. The van der Waals surface area contributed by atoms with Gasteiger partial charge in [-0.05, 0) is 28.9 Å². The molecule has 0 amide bonds. The van der Waals surface area contributed by atoms with E-state index >= 15 is 0 Å². The number of hydrogen-bond donors (Lipinski definition) is 0. The molecular formula is C11H9BrF3N3O2S. The number of thiophene rings is 1. The van der Waals surface area contributed by atoms with E-state index in [-0.39, 0.29) is 13.2 Å². The van der Waals surface area contributed by atoms with Gasteiger partial charge in [0.15, 0.2) is 5.69 Å². The highest BCUT2D eigenvalue weighted by molar-refractivity contribution is 9.10. The van der Waals surface area contributed by atoms with Crippen molar-refractivity contribution in [3.05, 3.63) is 32.2 Å². The molecule has 0 fully saturated rings. The Balaban J connectivity index is 2.39. The molecule has 0 spiro atoms. The van der Waals surface area contributed by atoms with Crippen LogP contribution in [0.4, 0.5) is 13.2 Å². The van der Waals surface area contributed by atoms with E-state index in [1.807, 2.05) is 0 Å². The Kier molecular flexibility index (Phi) is 4.67. The summed E-state index contributed by atoms with van der Waals surface area (Å²) in [7, 11) is 0. The van der Waals surface area contributed by atoms with Crippen LogP contribution in [0, 0.1) is 0 Å². The molecule has 0 aliphatic heterocycles. The normalized spacial score (nSPS) is 11.7. The van der Waals surface area contributed by atoms with Crippen LogP contribution < -0.4 is 0 Å². The summed E-state index contributed by atoms with van der Waals surface area (Å²) < 4.78 is 45.4. The van der Waals surface area contributed by atoms with Crippen LogP contribution in [0.2, 0.25) is 0 Å². The molecule has 0 atom stereocenters. The van der Waals surface area contributed by atoms with Crippen LogP contribution >= 0.6 is 27.3 Å². The molecule has 114 valence electrons. The zero-order valence-electron chi connectivity index (χ0n) is 10.6. The summed E-state index contributed by atoms with van der Waals surface area (Å²) in [5.41, 5.74) is -2.02. The van der Waals surface area contributed by atoms with Crippen molar-refractivity contribution in [2.24, 2.45) is 0 Å². The van der Waals surface area contributed by atoms with Crippen LogP contribution in [0.25, 0.3) is 0 Å². The minimum atomic E-state index is -4.75. The Morgan fingerprint density at radius 1 is 1.52 bits per heavy atom. The summed E-state index contributed by atoms with van der Waals surface area (Å²) in [6, 6.07) is 1.68. The van der Waals surface area contributed by atoms with Crippen LogP contribution in [0.15, 0.2) is 15.9 Å². The first-order valence-electron chi connectivity index (χ1n) is 5.73. The molecule has 2 rings (SSSR count). The van der Waals surface area contributed by atoms with Gasteiger partial charge in [-0.3, -0.25) is 0 Å². The van der Waals surface area contributed by atoms with Crippen molar-refractivity contribution in [3.8, 4) is 0 Å². The smallest absolute Gasteiger partial charge is 0.435 e. The summed E-state index contributed by atoms with van der Waals surface area (Å²) in [5, 5.41) is 8.48. The highest BCUT2D eigenvalue weighted by Crippen LogP contribution is 2.32. The van der Waals surface area contributed by atoms with Gasteiger partial charge in [-0.2, -0.15) is 13.2 Å². The SMILES string of the molecule is CCOC(=O)c1nnn(Cc2cc(Br)cs2)c1C(F)(F)F. The molecule has 10 heteroatoms.